The topological polar surface area (TPSA) is 46.8 Å². The second-order valence-electron chi connectivity index (χ2n) is 22.3. The van der Waals surface area contributed by atoms with Crippen molar-refractivity contribution in [3.05, 3.63) is 296 Å². The summed E-state index contributed by atoms with van der Waals surface area (Å²) in [7, 11) is 0. The molecule has 0 fully saturated rings. The predicted molar refractivity (Wildman–Crippen MR) is 346 cm³/mol. The Labute approximate surface area is 481 Å². The molecule has 0 unspecified atom stereocenters. The lowest BCUT2D eigenvalue weighted by atomic mass is 9.81. The van der Waals surface area contributed by atoms with Crippen LogP contribution in [0.1, 0.15) is 25.0 Å². The van der Waals surface area contributed by atoms with Gasteiger partial charge < -0.3 is 4.90 Å². The van der Waals surface area contributed by atoms with Gasteiger partial charge in [-0.15, -0.1) is 0 Å². The van der Waals surface area contributed by atoms with E-state index in [0.29, 0.717) is 17.6 Å². The van der Waals surface area contributed by atoms with E-state index in [2.05, 4.69) is 272 Å². The minimum absolute atomic E-state index is 0.323. The van der Waals surface area contributed by atoms with E-state index >= 15 is 0 Å². The number of hydrogen-bond donors (Lipinski definition) is 0. The predicted octanol–water partition coefficient (Wildman–Crippen LogP) is 20.5. The molecule has 0 atom stereocenters. The van der Waals surface area contributed by atoms with Gasteiger partial charge in [0.05, 0.1) is 16.7 Å². The van der Waals surface area contributed by atoms with Gasteiger partial charge in [0.25, 0.3) is 0 Å². The third kappa shape index (κ3) is 7.88. The minimum Gasteiger partial charge on any atom is -0.310 e. The van der Waals surface area contributed by atoms with Gasteiger partial charge in [0, 0.05) is 44.3 Å². The van der Waals surface area contributed by atoms with Gasteiger partial charge in [-0.1, -0.05) is 244 Å². The first-order chi connectivity index (χ1) is 40.9. The third-order valence-corrected chi connectivity index (χ3v) is 17.2. The zero-order chi connectivity index (χ0) is 55.2. The Morgan fingerprint density at radius 1 is 0.313 bits per heavy atom. The van der Waals surface area contributed by atoms with Gasteiger partial charge in [0.1, 0.15) is 0 Å². The van der Waals surface area contributed by atoms with Crippen LogP contribution in [0.5, 0.6) is 0 Å². The molecule has 0 saturated heterocycles. The lowest BCUT2D eigenvalue weighted by Crippen LogP contribution is -2.15. The van der Waals surface area contributed by atoms with Gasteiger partial charge in [0.2, 0.25) is 5.95 Å². The van der Waals surface area contributed by atoms with Crippen molar-refractivity contribution in [3.8, 4) is 73.2 Å². The molecule has 16 rings (SSSR count). The fraction of sp³-hybridized carbons (Fsp3) is 0.0385. The number of rotatable bonds is 9. The maximum absolute atomic E-state index is 5.38. The van der Waals surface area contributed by atoms with Gasteiger partial charge in [0.15, 0.2) is 11.6 Å². The van der Waals surface area contributed by atoms with Crippen LogP contribution in [0.3, 0.4) is 0 Å². The number of hydrogen-bond acceptors (Lipinski definition) is 4. The number of fused-ring (bicyclic) bond motifs is 13. The summed E-state index contributed by atoms with van der Waals surface area (Å²) in [5.74, 6) is 1.81. The summed E-state index contributed by atoms with van der Waals surface area (Å²) in [6.45, 7) is 4.77. The van der Waals surface area contributed by atoms with Crippen LogP contribution in [0.15, 0.2) is 285 Å². The Balaban J connectivity index is 0.910. The number of aromatic nitrogens is 4. The highest BCUT2D eigenvalue weighted by Gasteiger charge is 2.38. The molecule has 0 amide bonds. The molecule has 2 aromatic heterocycles. The molecule has 1 aliphatic rings. The van der Waals surface area contributed by atoms with Crippen LogP contribution in [0.2, 0.25) is 0 Å². The van der Waals surface area contributed by atoms with Crippen molar-refractivity contribution in [2.75, 3.05) is 4.90 Å². The van der Waals surface area contributed by atoms with Gasteiger partial charge in [-0.2, -0.15) is 9.97 Å². The van der Waals surface area contributed by atoms with Gasteiger partial charge in [-0.05, 0) is 137 Å². The summed E-state index contributed by atoms with van der Waals surface area (Å²) in [5, 5.41) is 9.91. The van der Waals surface area contributed by atoms with Crippen LogP contribution >= 0.6 is 0 Å². The number of anilines is 3. The van der Waals surface area contributed by atoms with Crippen LogP contribution in [0.4, 0.5) is 17.1 Å². The van der Waals surface area contributed by atoms with Crippen molar-refractivity contribution >= 4 is 71.2 Å². The molecular weight excluding hydrogens is 1010 g/mol. The highest BCUT2D eigenvalue weighted by atomic mass is 15.2. The maximum Gasteiger partial charge on any atom is 0.238 e. The average Bonchev–Trinajstić information content (AvgIpc) is 1.80. The van der Waals surface area contributed by atoms with Crippen LogP contribution in [0, 0.1) is 0 Å². The molecule has 1 aliphatic carbocycles. The molecule has 0 saturated carbocycles. The monoisotopic (exact) mass is 1060 g/mol. The molecule has 0 spiro atoms. The first-order valence-electron chi connectivity index (χ1n) is 28.5. The molecule has 390 valence electrons. The molecule has 0 radical (unpaired) electrons. The first kappa shape index (κ1) is 48.2. The van der Waals surface area contributed by atoms with E-state index in [1.807, 2.05) is 36.4 Å². The van der Waals surface area contributed by atoms with Crippen molar-refractivity contribution < 1.29 is 0 Å². The molecule has 0 aliphatic heterocycles. The van der Waals surface area contributed by atoms with Crippen molar-refractivity contribution in [1.82, 2.24) is 19.5 Å². The zero-order valence-corrected chi connectivity index (χ0v) is 45.9. The summed E-state index contributed by atoms with van der Waals surface area (Å²) >= 11 is 0. The molecule has 0 bridgehead atoms. The molecule has 2 heterocycles. The molecule has 15 aromatic rings. The van der Waals surface area contributed by atoms with Crippen LogP contribution in [0.25, 0.3) is 127 Å². The summed E-state index contributed by atoms with van der Waals surface area (Å²) in [5.41, 5.74) is 18.9. The normalized spacial score (nSPS) is 12.6. The number of para-hydroxylation sites is 1. The Kier molecular flexibility index (Phi) is 11.2. The fourth-order valence-corrected chi connectivity index (χ4v) is 13.2. The molecular formula is C78H53N5. The van der Waals surface area contributed by atoms with Gasteiger partial charge in [-0.3, -0.25) is 4.57 Å². The van der Waals surface area contributed by atoms with Gasteiger partial charge in [-0.25, -0.2) is 4.98 Å². The van der Waals surface area contributed by atoms with E-state index in [4.69, 9.17) is 15.0 Å². The number of nitrogens with zero attached hydrogens (tertiary/aromatic N) is 5. The maximum atomic E-state index is 5.38. The Morgan fingerprint density at radius 2 is 0.771 bits per heavy atom. The quantitative estimate of drug-likeness (QED) is 0.135. The summed E-state index contributed by atoms with van der Waals surface area (Å²) < 4.78 is 2.28. The van der Waals surface area contributed by atoms with E-state index in [0.717, 1.165) is 72.2 Å². The average molecular weight is 1060 g/mol. The molecule has 0 N–H and O–H groups in total. The standard InChI is InChI=1S/C78H53N5/c1-78(2)68-45-44-64-62-32-16-15-30-60(62)61-31-17-18-33-63(61)73(64)74(68)67-48-66-65-47-56(39-46-71(65)83(72(66)49-69(67)78)77-80-75(54-25-11-5-12-26-54)79-76(81-77)55-27-13-6-14-28-55)52-37-42-58(43-38-52)82(57-40-35-51(36-41-57)50-21-7-3-8-22-50)70-34-20-19-29-59(70)53-23-9-4-10-24-53/h3-49H,1-2H3. The Morgan fingerprint density at radius 3 is 1.37 bits per heavy atom. The summed E-state index contributed by atoms with van der Waals surface area (Å²) in [6, 6.07) is 103. The fourth-order valence-electron chi connectivity index (χ4n) is 13.2. The molecule has 5 heteroatoms. The van der Waals surface area contributed by atoms with Crippen LogP contribution in [-0.2, 0) is 5.41 Å². The van der Waals surface area contributed by atoms with E-state index < -0.39 is 0 Å². The highest BCUT2D eigenvalue weighted by molar-refractivity contribution is 6.30. The second-order valence-corrected chi connectivity index (χ2v) is 22.3. The van der Waals surface area contributed by atoms with Crippen molar-refractivity contribution in [3.63, 3.8) is 0 Å². The molecule has 5 nitrogen and oxygen atoms in total. The minimum atomic E-state index is -0.323. The molecule has 13 aromatic carbocycles. The van der Waals surface area contributed by atoms with Crippen molar-refractivity contribution in [1.29, 1.82) is 0 Å². The van der Waals surface area contributed by atoms with Crippen molar-refractivity contribution in [2.45, 2.75) is 19.3 Å². The van der Waals surface area contributed by atoms with E-state index in [1.165, 1.54) is 65.7 Å². The smallest absolute Gasteiger partial charge is 0.238 e. The van der Waals surface area contributed by atoms with E-state index in [1.54, 1.807) is 0 Å². The first-order valence-corrected chi connectivity index (χ1v) is 28.5. The van der Waals surface area contributed by atoms with Gasteiger partial charge >= 0.3 is 0 Å². The summed E-state index contributed by atoms with van der Waals surface area (Å²) in [6.07, 6.45) is 0. The lowest BCUT2D eigenvalue weighted by Gasteiger charge is -2.28. The van der Waals surface area contributed by atoms with Crippen LogP contribution < -0.4 is 4.90 Å². The van der Waals surface area contributed by atoms with E-state index in [9.17, 15) is 0 Å². The van der Waals surface area contributed by atoms with Crippen molar-refractivity contribution in [2.24, 2.45) is 0 Å². The second kappa shape index (κ2) is 19.2. The van der Waals surface area contributed by atoms with E-state index in [-0.39, 0.29) is 5.41 Å². The lowest BCUT2D eigenvalue weighted by molar-refractivity contribution is 0.661. The largest absolute Gasteiger partial charge is 0.310 e. The number of benzene rings is 13. The Bertz CT molecular complexity index is 4920. The van der Waals surface area contributed by atoms with Crippen LogP contribution in [-0.4, -0.2) is 19.5 Å². The third-order valence-electron chi connectivity index (χ3n) is 17.2. The SMILES string of the molecule is CC1(C)c2cc3c(cc2-c2c1ccc1c4ccccc4c4ccccc4c21)c1cc(-c2ccc(N(c4ccc(-c5ccccc5)cc4)c4ccccc4-c4ccccc4)cc2)ccc1n3-c1nc(-c2ccccc2)nc(-c2ccccc2)n1. The molecule has 83 heavy (non-hydrogen) atoms. The zero-order valence-electron chi connectivity index (χ0n) is 45.9. The Hall–Kier alpha value is -10.8. The highest BCUT2D eigenvalue weighted by Crippen LogP contribution is 2.55. The summed E-state index contributed by atoms with van der Waals surface area (Å²) in [4.78, 5) is 18.3.